The topological polar surface area (TPSA) is 54.0 Å². The first kappa shape index (κ1) is 31.2. The molecule has 216 valence electrons. The molecule has 0 amide bonds. The van der Waals surface area contributed by atoms with Crippen LogP contribution in [0.25, 0.3) is 44.4 Å². The van der Waals surface area contributed by atoms with E-state index in [0.29, 0.717) is 0 Å². The van der Waals surface area contributed by atoms with Crippen molar-refractivity contribution in [2.45, 2.75) is 107 Å². The van der Waals surface area contributed by atoms with Crippen molar-refractivity contribution in [2.75, 3.05) is 0 Å². The summed E-state index contributed by atoms with van der Waals surface area (Å²) >= 11 is 0. The van der Waals surface area contributed by atoms with Gasteiger partial charge < -0.3 is 9.97 Å². The van der Waals surface area contributed by atoms with E-state index >= 15 is 0 Å². The Kier molecular flexibility index (Phi) is 9.96. The second-order valence-electron chi connectivity index (χ2n) is 10.8. The summed E-state index contributed by atoms with van der Waals surface area (Å²) in [6, 6.07) is 8.98. The van der Waals surface area contributed by atoms with Crippen LogP contribution in [0, 0.1) is 0 Å². The van der Waals surface area contributed by atoms with Crippen LogP contribution in [-0.4, -0.2) is 9.97 Å². The molecule has 0 N–H and O–H groups in total. The van der Waals surface area contributed by atoms with Crippen molar-refractivity contribution in [1.29, 1.82) is 0 Å². The van der Waals surface area contributed by atoms with Crippen molar-refractivity contribution in [2.24, 2.45) is 0 Å². The molecule has 4 nitrogen and oxygen atoms in total. The summed E-state index contributed by atoms with van der Waals surface area (Å²) in [7, 11) is 0. The van der Waals surface area contributed by atoms with Crippen molar-refractivity contribution >= 4 is 44.4 Å². The molecule has 5 heterocycles. The van der Waals surface area contributed by atoms with E-state index < -0.39 is 0 Å². The summed E-state index contributed by atoms with van der Waals surface area (Å²) in [5, 5.41) is 0. The molecule has 0 aromatic carbocycles. The molecule has 0 unspecified atom stereocenters. The molecule has 0 saturated heterocycles. The van der Waals surface area contributed by atoms with E-state index in [0.717, 1.165) is 96.2 Å². The largest absolute Gasteiger partial charge is 4.00 e. The fourth-order valence-corrected chi connectivity index (χ4v) is 6.92. The number of rotatable bonds is 8. The van der Waals surface area contributed by atoms with Crippen molar-refractivity contribution in [3.05, 3.63) is 69.3 Å². The second-order valence-corrected chi connectivity index (χ2v) is 10.8. The van der Waals surface area contributed by atoms with Gasteiger partial charge in [0.1, 0.15) is 0 Å². The van der Waals surface area contributed by atoms with E-state index in [9.17, 15) is 0 Å². The smallest absolute Gasteiger partial charge is 0.657 e. The Balaban J connectivity index is 0.00000387. The van der Waals surface area contributed by atoms with Gasteiger partial charge in [-0.1, -0.05) is 102 Å². The Bertz CT molecular complexity index is 1440. The molecule has 5 heteroatoms. The SMILES string of the molecule is CCC1=C(CC)c2cc3[n-]c(cc4nc(cc5[n-]c(cc1n2)c(CC)c5CC)C(CC)=C4CC)c(CC)c3CC.[Pt+4]. The van der Waals surface area contributed by atoms with Gasteiger partial charge in [0.15, 0.2) is 0 Å². The molecular formula is C36H44N4Pt+2. The molecule has 3 aromatic rings. The van der Waals surface area contributed by atoms with E-state index in [1.54, 1.807) is 0 Å². The van der Waals surface area contributed by atoms with Gasteiger partial charge in [-0.25, -0.2) is 9.97 Å². The first-order chi connectivity index (χ1) is 19.5. The van der Waals surface area contributed by atoms with Crippen LogP contribution in [0.2, 0.25) is 0 Å². The fraction of sp³-hybridized carbons (Fsp3) is 0.444. The van der Waals surface area contributed by atoms with E-state index in [4.69, 9.17) is 19.9 Å². The average Bonchev–Trinajstić information content (AvgIpc) is 3.67. The predicted molar refractivity (Wildman–Crippen MR) is 171 cm³/mol. The van der Waals surface area contributed by atoms with Gasteiger partial charge >= 0.3 is 21.1 Å². The Morgan fingerprint density at radius 3 is 0.780 bits per heavy atom. The number of nitrogens with zero attached hydrogens (tertiary/aromatic N) is 4. The number of fused-ring (bicyclic) bond motifs is 8. The monoisotopic (exact) mass is 727 g/mol. The molecule has 0 fully saturated rings. The fourth-order valence-electron chi connectivity index (χ4n) is 6.92. The number of aryl methyl sites for hydroxylation is 4. The Morgan fingerprint density at radius 2 is 0.610 bits per heavy atom. The zero-order valence-electron chi connectivity index (χ0n) is 26.1. The minimum Gasteiger partial charge on any atom is -0.657 e. The molecule has 2 aliphatic rings. The molecular weight excluding hydrogens is 684 g/mol. The molecule has 3 aromatic heterocycles. The van der Waals surface area contributed by atoms with Gasteiger partial charge in [-0.05, 0) is 73.7 Å². The van der Waals surface area contributed by atoms with Gasteiger partial charge in [-0.15, -0.1) is 22.1 Å². The third kappa shape index (κ3) is 5.34. The van der Waals surface area contributed by atoms with Crippen molar-refractivity contribution in [1.82, 2.24) is 19.9 Å². The van der Waals surface area contributed by atoms with Gasteiger partial charge in [0.05, 0.1) is 22.8 Å². The second kappa shape index (κ2) is 13.1. The van der Waals surface area contributed by atoms with Crippen LogP contribution in [0.4, 0.5) is 0 Å². The summed E-state index contributed by atoms with van der Waals surface area (Å²) < 4.78 is 0. The quantitative estimate of drug-likeness (QED) is 0.232. The normalized spacial score (nSPS) is 13.3. The van der Waals surface area contributed by atoms with Crippen molar-refractivity contribution in [3.8, 4) is 0 Å². The summed E-state index contributed by atoms with van der Waals surface area (Å²) in [5.74, 6) is 0. The molecule has 5 rings (SSSR count). The maximum Gasteiger partial charge on any atom is 4.00 e. The van der Waals surface area contributed by atoms with E-state index in [2.05, 4.69) is 79.7 Å². The molecule has 0 radical (unpaired) electrons. The van der Waals surface area contributed by atoms with Crippen molar-refractivity contribution in [3.63, 3.8) is 0 Å². The van der Waals surface area contributed by atoms with Crippen LogP contribution in [0.5, 0.6) is 0 Å². The summed E-state index contributed by atoms with van der Waals surface area (Å²) in [6.45, 7) is 17.9. The number of aromatic nitrogens is 4. The molecule has 2 aliphatic heterocycles. The molecule has 0 spiro atoms. The average molecular weight is 728 g/mol. The zero-order chi connectivity index (χ0) is 28.6. The first-order valence-electron chi connectivity index (χ1n) is 15.6. The Hall–Kier alpha value is -2.71. The minimum absolute atomic E-state index is 0. The number of hydrogen-bond acceptors (Lipinski definition) is 2. The molecule has 0 aliphatic carbocycles. The molecule has 8 bridgehead atoms. The van der Waals surface area contributed by atoms with E-state index in [1.165, 1.54) is 44.5 Å². The minimum atomic E-state index is 0. The number of allylic oxidation sites excluding steroid dienone is 4. The van der Waals surface area contributed by atoms with Gasteiger partial charge in [-0.2, -0.15) is 0 Å². The standard InChI is InChI=1S/C36H44N4.Pt/c1-9-21-22(10-2)30-18-32-25(13-5)26(14-6)34(39-32)20-36-28(16-8)27(15-7)35(40-36)19-33-24(12-4)23(11-3)31(38-33)17-29(21)37-30;/h17-20H,9-16H2,1-8H3;/q-2;+4. The van der Waals surface area contributed by atoms with Crippen LogP contribution in [0.15, 0.2) is 24.3 Å². The first-order valence-corrected chi connectivity index (χ1v) is 15.6. The van der Waals surface area contributed by atoms with E-state index in [-0.39, 0.29) is 21.1 Å². The maximum atomic E-state index is 5.25. The summed E-state index contributed by atoms with van der Waals surface area (Å²) in [4.78, 5) is 21.0. The van der Waals surface area contributed by atoms with Crippen LogP contribution in [-0.2, 0) is 46.7 Å². The predicted octanol–water partition coefficient (Wildman–Crippen LogP) is 9.28. The third-order valence-electron chi connectivity index (χ3n) is 8.82. The maximum absolute atomic E-state index is 5.25. The van der Waals surface area contributed by atoms with Crippen LogP contribution in [0.1, 0.15) is 126 Å². The van der Waals surface area contributed by atoms with E-state index in [1.807, 2.05) is 0 Å². The van der Waals surface area contributed by atoms with Gasteiger partial charge in [-0.3, -0.25) is 0 Å². The van der Waals surface area contributed by atoms with Crippen LogP contribution < -0.4 is 9.97 Å². The Morgan fingerprint density at radius 1 is 0.390 bits per heavy atom. The van der Waals surface area contributed by atoms with Crippen molar-refractivity contribution < 1.29 is 21.1 Å². The van der Waals surface area contributed by atoms with Crippen LogP contribution in [0.3, 0.4) is 0 Å². The molecule has 0 atom stereocenters. The third-order valence-corrected chi connectivity index (χ3v) is 8.82. The summed E-state index contributed by atoms with van der Waals surface area (Å²) in [6.07, 6.45) is 7.60. The number of hydrogen-bond donors (Lipinski definition) is 0. The van der Waals surface area contributed by atoms with Gasteiger partial charge in [0, 0.05) is 0 Å². The van der Waals surface area contributed by atoms with Gasteiger partial charge in [0.25, 0.3) is 0 Å². The van der Waals surface area contributed by atoms with Gasteiger partial charge in [0.2, 0.25) is 0 Å². The zero-order valence-corrected chi connectivity index (χ0v) is 28.3. The molecule has 41 heavy (non-hydrogen) atoms. The van der Waals surface area contributed by atoms with Crippen LogP contribution >= 0.6 is 0 Å². The molecule has 0 saturated carbocycles. The summed E-state index contributed by atoms with van der Waals surface area (Å²) in [5.41, 5.74) is 19.1. The Labute approximate surface area is 260 Å².